The lowest BCUT2D eigenvalue weighted by Crippen LogP contribution is -2.12. The average Bonchev–Trinajstić information content (AvgIpc) is 3.35. The Labute approximate surface area is 178 Å². The van der Waals surface area contributed by atoms with E-state index < -0.39 is 0 Å². The topological polar surface area (TPSA) is 0 Å². The van der Waals surface area contributed by atoms with Gasteiger partial charge in [0.25, 0.3) is 0 Å². The fraction of sp³-hybridized carbons (Fsp3) is 0.692. The quantitative estimate of drug-likeness (QED) is 0.262. The SMILES string of the molecule is CCCP(CCC)[C@H](C)C1=C(C2=C([C@@H](C)P(CCC)CCC)C=CC2)CC=C1. The molecule has 0 aromatic rings. The van der Waals surface area contributed by atoms with E-state index in [0.29, 0.717) is 0 Å². The Balaban J connectivity index is 2.33. The highest BCUT2D eigenvalue weighted by Crippen LogP contribution is 2.52. The van der Waals surface area contributed by atoms with Crippen LogP contribution in [0.5, 0.6) is 0 Å². The summed E-state index contributed by atoms with van der Waals surface area (Å²) in [5, 5.41) is 0. The zero-order valence-corrected chi connectivity index (χ0v) is 21.2. The second-order valence-corrected chi connectivity index (χ2v) is 14.2. The molecule has 0 amide bonds. The van der Waals surface area contributed by atoms with Crippen molar-refractivity contribution in [2.75, 3.05) is 24.6 Å². The maximum Gasteiger partial charge on any atom is 0.00163 e. The van der Waals surface area contributed by atoms with Gasteiger partial charge in [-0.25, -0.2) is 0 Å². The summed E-state index contributed by atoms with van der Waals surface area (Å²) in [6.45, 7) is 14.5. The molecule has 2 aliphatic rings. The molecule has 0 heterocycles. The van der Waals surface area contributed by atoms with Crippen molar-refractivity contribution in [2.45, 2.75) is 91.4 Å². The summed E-state index contributed by atoms with van der Waals surface area (Å²) in [5.41, 5.74) is 8.35. The van der Waals surface area contributed by atoms with Gasteiger partial charge in [0.05, 0.1) is 0 Å². The van der Waals surface area contributed by atoms with Crippen LogP contribution < -0.4 is 0 Å². The molecule has 2 atom stereocenters. The van der Waals surface area contributed by atoms with Gasteiger partial charge in [-0.1, -0.05) is 107 Å². The Morgan fingerprint density at radius 1 is 0.643 bits per heavy atom. The fourth-order valence-electron chi connectivity index (χ4n) is 4.96. The van der Waals surface area contributed by atoms with Gasteiger partial charge in [-0.2, -0.15) is 0 Å². The zero-order chi connectivity index (χ0) is 20.5. The van der Waals surface area contributed by atoms with Crippen LogP contribution in [0.4, 0.5) is 0 Å². The molecule has 2 heteroatoms. The fourth-order valence-corrected chi connectivity index (χ4v) is 10.5. The lowest BCUT2D eigenvalue weighted by molar-refractivity contribution is 0.993. The van der Waals surface area contributed by atoms with E-state index in [1.165, 1.54) is 63.2 Å². The summed E-state index contributed by atoms with van der Waals surface area (Å²) in [4.78, 5) is 0. The molecule has 0 aliphatic heterocycles. The van der Waals surface area contributed by atoms with Crippen molar-refractivity contribution in [1.82, 2.24) is 0 Å². The number of hydrogen-bond acceptors (Lipinski definition) is 0. The number of rotatable bonds is 13. The first-order valence-corrected chi connectivity index (χ1v) is 15.4. The van der Waals surface area contributed by atoms with E-state index in [0.717, 1.165) is 11.3 Å². The monoisotopic (exact) mass is 418 g/mol. The number of allylic oxidation sites excluding steroid dienone is 8. The van der Waals surface area contributed by atoms with Crippen molar-refractivity contribution in [2.24, 2.45) is 0 Å². The predicted molar refractivity (Wildman–Crippen MR) is 135 cm³/mol. The molecule has 0 bridgehead atoms. The molecule has 2 rings (SSSR count). The van der Waals surface area contributed by atoms with Crippen LogP contribution in [-0.2, 0) is 0 Å². The summed E-state index contributed by atoms with van der Waals surface area (Å²) in [5.74, 6) is 0. The Hall–Kier alpha value is -0.180. The third-order valence-electron chi connectivity index (χ3n) is 6.34. The van der Waals surface area contributed by atoms with Crippen LogP contribution in [0.25, 0.3) is 0 Å². The Bertz CT molecular complexity index is 542. The number of hydrogen-bond donors (Lipinski definition) is 0. The minimum atomic E-state index is 0.124. The van der Waals surface area contributed by atoms with E-state index >= 15 is 0 Å². The largest absolute Gasteiger partial charge is 0.0993 e. The summed E-state index contributed by atoms with van der Waals surface area (Å²) in [7, 11) is 0.249. The zero-order valence-electron chi connectivity index (χ0n) is 19.4. The molecule has 0 aromatic carbocycles. The van der Waals surface area contributed by atoms with Crippen molar-refractivity contribution in [3.05, 3.63) is 46.6 Å². The summed E-state index contributed by atoms with van der Waals surface area (Å²) in [6, 6.07) is 0. The summed E-state index contributed by atoms with van der Waals surface area (Å²) < 4.78 is 0. The molecule has 28 heavy (non-hydrogen) atoms. The second-order valence-electron chi connectivity index (χ2n) is 8.50. The Kier molecular flexibility index (Phi) is 10.8. The molecule has 158 valence electrons. The molecule has 0 aromatic heterocycles. The van der Waals surface area contributed by atoms with Gasteiger partial charge in [-0.05, 0) is 59.8 Å². The third kappa shape index (κ3) is 5.92. The molecule has 0 spiro atoms. The highest BCUT2D eigenvalue weighted by atomic mass is 31.1. The van der Waals surface area contributed by atoms with Crippen molar-refractivity contribution >= 4 is 15.8 Å². The smallest absolute Gasteiger partial charge is 0.00163 e. The van der Waals surface area contributed by atoms with Gasteiger partial charge in [0, 0.05) is 11.3 Å². The summed E-state index contributed by atoms with van der Waals surface area (Å²) >= 11 is 0. The van der Waals surface area contributed by atoms with Crippen LogP contribution in [0.1, 0.15) is 80.1 Å². The standard InChI is InChI=1S/C26H44P2/c1-7-17-27(18-8-2)21(5)23-13-11-15-25(23)26-16-12-14-24(26)22(6)28(19-9-3)20-10-4/h11-14,21-22H,7-10,15-20H2,1-6H3/t21-,22-/m1/s1. The lowest BCUT2D eigenvalue weighted by Gasteiger charge is -2.29. The van der Waals surface area contributed by atoms with Crippen molar-refractivity contribution in [1.29, 1.82) is 0 Å². The molecule has 0 fully saturated rings. The first-order valence-electron chi connectivity index (χ1n) is 11.9. The van der Waals surface area contributed by atoms with E-state index in [-0.39, 0.29) is 15.8 Å². The van der Waals surface area contributed by atoms with Gasteiger partial charge in [0.1, 0.15) is 0 Å². The first kappa shape index (κ1) is 24.1. The molecule has 2 aliphatic carbocycles. The van der Waals surface area contributed by atoms with Gasteiger partial charge in [-0.15, -0.1) is 0 Å². The molecule has 0 N–H and O–H groups in total. The maximum atomic E-state index is 2.54. The molecule has 0 radical (unpaired) electrons. The van der Waals surface area contributed by atoms with E-state index in [4.69, 9.17) is 0 Å². The van der Waals surface area contributed by atoms with Gasteiger partial charge in [-0.3, -0.25) is 0 Å². The van der Waals surface area contributed by atoms with Crippen LogP contribution in [-0.4, -0.2) is 36.0 Å². The molecule has 0 unspecified atom stereocenters. The first-order chi connectivity index (χ1) is 13.6. The maximum absolute atomic E-state index is 2.54. The van der Waals surface area contributed by atoms with E-state index in [1.54, 1.807) is 22.3 Å². The molecular weight excluding hydrogens is 374 g/mol. The van der Waals surface area contributed by atoms with Crippen LogP contribution in [0.2, 0.25) is 0 Å². The molecule has 0 saturated carbocycles. The van der Waals surface area contributed by atoms with Crippen LogP contribution in [0.3, 0.4) is 0 Å². The minimum absolute atomic E-state index is 0.124. The third-order valence-corrected chi connectivity index (χ3v) is 13.2. The predicted octanol–water partition coefficient (Wildman–Crippen LogP) is 8.88. The molecule has 0 nitrogen and oxygen atoms in total. The van der Waals surface area contributed by atoms with E-state index in [9.17, 15) is 0 Å². The normalized spacial score (nSPS) is 19.0. The second kappa shape index (κ2) is 12.5. The average molecular weight is 419 g/mol. The van der Waals surface area contributed by atoms with Crippen LogP contribution in [0.15, 0.2) is 46.6 Å². The van der Waals surface area contributed by atoms with E-state index in [2.05, 4.69) is 65.8 Å². The minimum Gasteiger partial charge on any atom is -0.0993 e. The molecular formula is C26H44P2. The Morgan fingerprint density at radius 3 is 1.25 bits per heavy atom. The Morgan fingerprint density at radius 2 is 0.964 bits per heavy atom. The highest BCUT2D eigenvalue weighted by Gasteiger charge is 2.28. The summed E-state index contributed by atoms with van der Waals surface area (Å²) in [6.07, 6.45) is 23.3. The van der Waals surface area contributed by atoms with Crippen molar-refractivity contribution < 1.29 is 0 Å². The van der Waals surface area contributed by atoms with Crippen molar-refractivity contribution in [3.8, 4) is 0 Å². The van der Waals surface area contributed by atoms with Gasteiger partial charge in [0.2, 0.25) is 0 Å². The van der Waals surface area contributed by atoms with Gasteiger partial charge < -0.3 is 0 Å². The molecule has 0 saturated heterocycles. The van der Waals surface area contributed by atoms with Crippen LogP contribution in [0, 0.1) is 0 Å². The van der Waals surface area contributed by atoms with Gasteiger partial charge in [0.15, 0.2) is 0 Å². The van der Waals surface area contributed by atoms with Gasteiger partial charge >= 0.3 is 0 Å². The van der Waals surface area contributed by atoms with E-state index in [1.807, 2.05) is 0 Å². The lowest BCUT2D eigenvalue weighted by atomic mass is 9.95. The highest BCUT2D eigenvalue weighted by molar-refractivity contribution is 7.59. The van der Waals surface area contributed by atoms with Crippen LogP contribution >= 0.6 is 15.8 Å². The van der Waals surface area contributed by atoms with Crippen molar-refractivity contribution in [3.63, 3.8) is 0 Å².